The molecular formula is C8H6BrClN2O2. The topological polar surface area (TPSA) is 61.7 Å². The van der Waals surface area contributed by atoms with Gasteiger partial charge < -0.3 is 10.5 Å². The van der Waals surface area contributed by atoms with E-state index < -0.39 is 5.91 Å². The molecule has 0 fully saturated rings. The summed E-state index contributed by atoms with van der Waals surface area (Å²) in [7, 11) is 0. The molecule has 0 radical (unpaired) electrons. The van der Waals surface area contributed by atoms with E-state index in [1.807, 2.05) is 0 Å². The molecule has 4 nitrogen and oxygen atoms in total. The molecule has 6 heteroatoms. The van der Waals surface area contributed by atoms with Crippen molar-refractivity contribution in [1.82, 2.24) is 0 Å². The zero-order valence-electron chi connectivity index (χ0n) is 6.87. The number of oxime groups is 1. The minimum atomic E-state index is -0.518. The lowest BCUT2D eigenvalue weighted by Gasteiger charge is -2.04. The van der Waals surface area contributed by atoms with E-state index in [4.69, 9.17) is 16.8 Å². The number of hydrogen-bond acceptors (Lipinski definition) is 3. The van der Waals surface area contributed by atoms with Crippen molar-refractivity contribution in [1.29, 1.82) is 0 Å². The van der Waals surface area contributed by atoms with Crippen molar-refractivity contribution in [2.75, 3.05) is 5.32 Å². The van der Waals surface area contributed by atoms with E-state index in [2.05, 4.69) is 26.4 Å². The fourth-order valence-corrected chi connectivity index (χ4v) is 1.59. The van der Waals surface area contributed by atoms with E-state index in [1.165, 1.54) is 0 Å². The zero-order valence-corrected chi connectivity index (χ0v) is 9.21. The van der Waals surface area contributed by atoms with Gasteiger partial charge in [-0.2, -0.15) is 0 Å². The Balaban J connectivity index is 2.82. The lowest BCUT2D eigenvalue weighted by molar-refractivity contribution is -0.110. The van der Waals surface area contributed by atoms with Gasteiger partial charge in [0.15, 0.2) is 0 Å². The first-order valence-corrected chi connectivity index (χ1v) is 4.74. The number of benzene rings is 1. The molecule has 1 aromatic rings. The lowest BCUT2D eigenvalue weighted by Crippen LogP contribution is -2.12. The molecule has 0 saturated heterocycles. The Morgan fingerprint density at radius 1 is 1.64 bits per heavy atom. The van der Waals surface area contributed by atoms with Crippen molar-refractivity contribution in [2.24, 2.45) is 5.16 Å². The highest BCUT2D eigenvalue weighted by atomic mass is 79.9. The zero-order chi connectivity index (χ0) is 10.6. The first-order chi connectivity index (χ1) is 6.63. The molecule has 0 unspecified atom stereocenters. The van der Waals surface area contributed by atoms with Gasteiger partial charge in [0.05, 0.1) is 5.69 Å². The van der Waals surface area contributed by atoms with Gasteiger partial charge in [-0.1, -0.05) is 16.8 Å². The third-order valence-corrected chi connectivity index (χ3v) is 2.26. The molecule has 1 aromatic carbocycles. The number of nitrogens with one attached hydrogen (secondary N) is 1. The van der Waals surface area contributed by atoms with E-state index in [1.54, 1.807) is 18.2 Å². The SMILES string of the molecule is O=C(/C=N\O)Nc1ccc(Cl)cc1Br. The van der Waals surface area contributed by atoms with Gasteiger partial charge in [0, 0.05) is 9.50 Å². The van der Waals surface area contributed by atoms with Crippen LogP contribution in [-0.4, -0.2) is 17.3 Å². The Hall–Kier alpha value is -1.07. The van der Waals surface area contributed by atoms with E-state index in [9.17, 15) is 4.79 Å². The highest BCUT2D eigenvalue weighted by Gasteiger charge is 2.03. The largest absolute Gasteiger partial charge is 0.411 e. The first-order valence-electron chi connectivity index (χ1n) is 3.57. The third kappa shape index (κ3) is 3.01. The van der Waals surface area contributed by atoms with E-state index >= 15 is 0 Å². The summed E-state index contributed by atoms with van der Waals surface area (Å²) < 4.78 is 0.657. The standard InChI is InChI=1S/C8H6BrClN2O2/c9-6-3-5(10)1-2-7(6)12-8(13)4-11-14/h1-4,14H,(H,12,13)/b11-4-. The van der Waals surface area contributed by atoms with Gasteiger partial charge in [-0.3, -0.25) is 4.79 Å². The van der Waals surface area contributed by atoms with Gasteiger partial charge in [-0.25, -0.2) is 0 Å². The average Bonchev–Trinajstić information content (AvgIpc) is 2.10. The number of carbonyl (C=O) groups is 1. The van der Waals surface area contributed by atoms with Crippen LogP contribution in [0.5, 0.6) is 0 Å². The summed E-state index contributed by atoms with van der Waals surface area (Å²) >= 11 is 8.93. The van der Waals surface area contributed by atoms with Crippen LogP contribution in [0.15, 0.2) is 27.8 Å². The first kappa shape index (κ1) is 11.0. The fourth-order valence-electron chi connectivity index (χ4n) is 0.808. The van der Waals surface area contributed by atoms with Crippen molar-refractivity contribution in [3.05, 3.63) is 27.7 Å². The summed E-state index contributed by atoms with van der Waals surface area (Å²) in [4.78, 5) is 11.0. The quantitative estimate of drug-likeness (QED) is 0.496. The van der Waals surface area contributed by atoms with Crippen LogP contribution in [0.2, 0.25) is 5.02 Å². The predicted octanol–water partition coefficient (Wildman–Crippen LogP) is 2.50. The minimum absolute atomic E-state index is 0.518. The van der Waals surface area contributed by atoms with Crippen LogP contribution in [0.25, 0.3) is 0 Å². The van der Waals surface area contributed by atoms with Crippen LogP contribution < -0.4 is 5.32 Å². The molecule has 74 valence electrons. The van der Waals surface area contributed by atoms with Crippen LogP contribution in [0.3, 0.4) is 0 Å². The second kappa shape index (κ2) is 4.97. The van der Waals surface area contributed by atoms with Gasteiger partial charge in [-0.05, 0) is 34.1 Å². The average molecular weight is 278 g/mol. The van der Waals surface area contributed by atoms with Gasteiger partial charge in [0.25, 0.3) is 5.91 Å². The summed E-state index contributed by atoms with van der Waals surface area (Å²) in [6.45, 7) is 0. The molecule has 1 amide bonds. The summed E-state index contributed by atoms with van der Waals surface area (Å²) in [5.74, 6) is -0.518. The minimum Gasteiger partial charge on any atom is -0.411 e. The lowest BCUT2D eigenvalue weighted by atomic mass is 10.3. The molecule has 2 N–H and O–H groups in total. The maximum Gasteiger partial charge on any atom is 0.270 e. The fraction of sp³-hybridized carbons (Fsp3) is 0. The van der Waals surface area contributed by atoms with Crippen LogP contribution in [0.1, 0.15) is 0 Å². The van der Waals surface area contributed by atoms with Crippen molar-refractivity contribution >= 4 is 45.3 Å². The maximum absolute atomic E-state index is 11.0. The highest BCUT2D eigenvalue weighted by Crippen LogP contribution is 2.25. The predicted molar refractivity (Wildman–Crippen MR) is 58.1 cm³/mol. The third-order valence-electron chi connectivity index (χ3n) is 1.36. The number of rotatable bonds is 2. The van der Waals surface area contributed by atoms with Crippen molar-refractivity contribution in [3.63, 3.8) is 0 Å². The van der Waals surface area contributed by atoms with Crippen molar-refractivity contribution < 1.29 is 10.0 Å². The Morgan fingerprint density at radius 2 is 2.36 bits per heavy atom. The van der Waals surface area contributed by atoms with Gasteiger partial charge in [0.1, 0.15) is 6.21 Å². The molecule has 0 heterocycles. The monoisotopic (exact) mass is 276 g/mol. The van der Waals surface area contributed by atoms with Crippen LogP contribution in [0, 0.1) is 0 Å². The maximum atomic E-state index is 11.0. The summed E-state index contributed by atoms with van der Waals surface area (Å²) in [5, 5.41) is 13.7. The molecule has 0 atom stereocenters. The highest BCUT2D eigenvalue weighted by molar-refractivity contribution is 9.10. The van der Waals surface area contributed by atoms with Crippen molar-refractivity contribution in [2.45, 2.75) is 0 Å². The number of nitrogens with zero attached hydrogens (tertiary/aromatic N) is 1. The smallest absolute Gasteiger partial charge is 0.270 e. The molecule has 0 aliphatic rings. The van der Waals surface area contributed by atoms with E-state index in [0.29, 0.717) is 15.2 Å². The van der Waals surface area contributed by atoms with Gasteiger partial charge in [-0.15, -0.1) is 0 Å². The summed E-state index contributed by atoms with van der Waals surface area (Å²) in [6, 6.07) is 4.92. The van der Waals surface area contributed by atoms with Crippen molar-refractivity contribution in [3.8, 4) is 0 Å². The molecule has 1 rings (SSSR count). The number of amides is 1. The summed E-state index contributed by atoms with van der Waals surface area (Å²) in [5.41, 5.74) is 0.555. The molecular weight excluding hydrogens is 271 g/mol. The number of carbonyl (C=O) groups excluding carboxylic acids is 1. The molecule has 0 saturated carbocycles. The molecule has 0 aliphatic heterocycles. The normalized spacial score (nSPS) is 10.4. The Morgan fingerprint density at radius 3 is 2.93 bits per heavy atom. The van der Waals surface area contributed by atoms with Gasteiger partial charge >= 0.3 is 0 Å². The molecule has 0 bridgehead atoms. The number of halogens is 2. The number of anilines is 1. The Kier molecular flexibility index (Phi) is 3.91. The van der Waals surface area contributed by atoms with Crippen LogP contribution in [-0.2, 0) is 4.79 Å². The van der Waals surface area contributed by atoms with E-state index in [0.717, 1.165) is 6.21 Å². The second-order valence-electron chi connectivity index (χ2n) is 2.36. The Bertz CT molecular complexity index is 382. The molecule has 0 spiro atoms. The summed E-state index contributed by atoms with van der Waals surface area (Å²) in [6.07, 6.45) is 0.765. The van der Waals surface area contributed by atoms with Crippen LogP contribution in [0.4, 0.5) is 5.69 Å². The van der Waals surface area contributed by atoms with E-state index in [-0.39, 0.29) is 0 Å². The van der Waals surface area contributed by atoms with Gasteiger partial charge in [0.2, 0.25) is 0 Å². The molecule has 0 aliphatic carbocycles. The molecule has 0 aromatic heterocycles. The second-order valence-corrected chi connectivity index (χ2v) is 3.65. The molecule has 14 heavy (non-hydrogen) atoms. The number of hydrogen-bond donors (Lipinski definition) is 2. The Labute approximate surface area is 93.7 Å². The van der Waals surface area contributed by atoms with Crippen LogP contribution >= 0.6 is 27.5 Å².